The van der Waals surface area contributed by atoms with Gasteiger partial charge >= 0.3 is 0 Å². The molecule has 1 aromatic carbocycles. The van der Waals surface area contributed by atoms with Gasteiger partial charge in [0.2, 0.25) is 0 Å². The number of aryl methyl sites for hydroxylation is 2. The van der Waals surface area contributed by atoms with Crippen LogP contribution in [0.2, 0.25) is 0 Å². The monoisotopic (exact) mass is 250 g/mol. The molecule has 1 aliphatic rings. The summed E-state index contributed by atoms with van der Waals surface area (Å²) in [5.74, 6) is 0. The van der Waals surface area contributed by atoms with Crippen LogP contribution >= 0.6 is 0 Å². The Bertz CT molecular complexity index is 408. The topological polar surface area (TPSA) is 38.7 Å². The number of ether oxygens (including phenoxy) is 2. The van der Waals surface area contributed by atoms with Crippen LogP contribution < -0.4 is 0 Å². The van der Waals surface area contributed by atoms with Gasteiger partial charge in [0.1, 0.15) is 12.2 Å². The summed E-state index contributed by atoms with van der Waals surface area (Å²) in [6.45, 7) is 9.92. The van der Waals surface area contributed by atoms with Crippen LogP contribution in [0, 0.1) is 27.7 Å². The van der Waals surface area contributed by atoms with Crippen molar-refractivity contribution in [2.45, 2.75) is 39.9 Å². The van der Waals surface area contributed by atoms with E-state index in [1.54, 1.807) is 0 Å². The lowest BCUT2D eigenvalue weighted by atomic mass is 9.89. The van der Waals surface area contributed by atoms with E-state index in [4.69, 9.17) is 9.47 Å². The van der Waals surface area contributed by atoms with Gasteiger partial charge in [0.15, 0.2) is 0 Å². The van der Waals surface area contributed by atoms with Crippen molar-refractivity contribution in [3.8, 4) is 0 Å². The van der Waals surface area contributed by atoms with Gasteiger partial charge in [-0.2, -0.15) is 0 Å². The quantitative estimate of drug-likeness (QED) is 0.875. The maximum absolute atomic E-state index is 10.6. The van der Waals surface area contributed by atoms with Gasteiger partial charge in [-0.15, -0.1) is 0 Å². The van der Waals surface area contributed by atoms with Gasteiger partial charge in [-0.1, -0.05) is 6.07 Å². The summed E-state index contributed by atoms with van der Waals surface area (Å²) in [6, 6.07) is 2.17. The predicted molar refractivity (Wildman–Crippen MR) is 70.9 cm³/mol. The molecule has 1 heterocycles. The van der Waals surface area contributed by atoms with Crippen molar-refractivity contribution >= 4 is 0 Å². The first kappa shape index (κ1) is 13.5. The van der Waals surface area contributed by atoms with Crippen LogP contribution in [-0.4, -0.2) is 31.0 Å². The summed E-state index contributed by atoms with van der Waals surface area (Å²) in [5.41, 5.74) is 5.73. The van der Waals surface area contributed by atoms with Gasteiger partial charge in [-0.05, 0) is 55.5 Å². The minimum absolute atomic E-state index is 0.252. The zero-order valence-electron chi connectivity index (χ0n) is 11.6. The summed E-state index contributed by atoms with van der Waals surface area (Å²) < 4.78 is 11.0. The molecule has 0 aliphatic carbocycles. The van der Waals surface area contributed by atoms with Crippen molar-refractivity contribution in [1.82, 2.24) is 0 Å². The lowest BCUT2D eigenvalue weighted by Gasteiger charge is -2.30. The molecule has 0 amide bonds. The number of hydrogen-bond acceptors (Lipinski definition) is 3. The van der Waals surface area contributed by atoms with Gasteiger partial charge < -0.3 is 14.6 Å². The number of hydrogen-bond donors (Lipinski definition) is 1. The van der Waals surface area contributed by atoms with Crippen LogP contribution in [0.1, 0.15) is 33.9 Å². The fourth-order valence-electron chi connectivity index (χ4n) is 2.57. The molecule has 0 spiro atoms. The van der Waals surface area contributed by atoms with E-state index in [9.17, 15) is 5.11 Å². The Morgan fingerprint density at radius 1 is 1.11 bits per heavy atom. The van der Waals surface area contributed by atoms with Gasteiger partial charge in [-0.25, -0.2) is 0 Å². The standard InChI is InChI=1S/C15H22O3/c1-9-7-10(2)12(4)14(11(9)3)15(16)13-8-17-5-6-18-13/h7,13,15-16H,5-6,8H2,1-4H3. The molecule has 2 unspecified atom stereocenters. The van der Waals surface area contributed by atoms with Crippen molar-refractivity contribution in [1.29, 1.82) is 0 Å². The Kier molecular flexibility index (Phi) is 4.05. The second-order valence-corrected chi connectivity index (χ2v) is 5.10. The van der Waals surface area contributed by atoms with Crippen molar-refractivity contribution < 1.29 is 14.6 Å². The predicted octanol–water partition coefficient (Wildman–Crippen LogP) is 2.37. The minimum atomic E-state index is -0.608. The van der Waals surface area contributed by atoms with E-state index in [-0.39, 0.29) is 6.10 Å². The second-order valence-electron chi connectivity index (χ2n) is 5.10. The molecule has 0 saturated carbocycles. The van der Waals surface area contributed by atoms with Gasteiger partial charge in [0, 0.05) is 0 Å². The van der Waals surface area contributed by atoms with Crippen molar-refractivity contribution in [3.63, 3.8) is 0 Å². The van der Waals surface area contributed by atoms with Crippen LogP contribution in [0.15, 0.2) is 6.07 Å². The van der Waals surface area contributed by atoms with E-state index >= 15 is 0 Å². The second kappa shape index (κ2) is 5.39. The molecule has 18 heavy (non-hydrogen) atoms. The zero-order valence-corrected chi connectivity index (χ0v) is 11.6. The highest BCUT2D eigenvalue weighted by molar-refractivity contribution is 5.45. The van der Waals surface area contributed by atoms with E-state index in [2.05, 4.69) is 33.8 Å². The Hall–Kier alpha value is -0.900. The van der Waals surface area contributed by atoms with Crippen LogP contribution in [-0.2, 0) is 9.47 Å². The van der Waals surface area contributed by atoms with Gasteiger partial charge in [0.05, 0.1) is 19.8 Å². The van der Waals surface area contributed by atoms with Crippen molar-refractivity contribution in [2.24, 2.45) is 0 Å². The Labute approximate surface area is 109 Å². The highest BCUT2D eigenvalue weighted by Crippen LogP contribution is 2.30. The van der Waals surface area contributed by atoms with E-state index in [0.717, 1.165) is 16.7 Å². The third kappa shape index (κ3) is 2.44. The fourth-order valence-corrected chi connectivity index (χ4v) is 2.57. The van der Waals surface area contributed by atoms with E-state index in [0.29, 0.717) is 19.8 Å². The molecule has 1 aliphatic heterocycles. The number of benzene rings is 1. The summed E-state index contributed by atoms with van der Waals surface area (Å²) in [4.78, 5) is 0. The molecule has 3 nitrogen and oxygen atoms in total. The summed E-state index contributed by atoms with van der Waals surface area (Å²) in [5, 5.41) is 10.6. The van der Waals surface area contributed by atoms with E-state index in [1.807, 2.05) is 0 Å². The molecule has 100 valence electrons. The third-order valence-corrected chi connectivity index (χ3v) is 3.91. The lowest BCUT2D eigenvalue weighted by Crippen LogP contribution is -2.34. The minimum Gasteiger partial charge on any atom is -0.386 e. The maximum Gasteiger partial charge on any atom is 0.111 e. The molecule has 1 aromatic rings. The smallest absolute Gasteiger partial charge is 0.111 e. The summed E-state index contributed by atoms with van der Waals surface area (Å²) in [7, 11) is 0. The van der Waals surface area contributed by atoms with Gasteiger partial charge in [0.25, 0.3) is 0 Å². The summed E-state index contributed by atoms with van der Waals surface area (Å²) in [6.07, 6.45) is -0.860. The zero-order chi connectivity index (χ0) is 13.3. The first-order chi connectivity index (χ1) is 8.52. The Morgan fingerprint density at radius 3 is 2.22 bits per heavy atom. The highest BCUT2D eigenvalue weighted by Gasteiger charge is 2.27. The molecular weight excluding hydrogens is 228 g/mol. The van der Waals surface area contributed by atoms with Crippen molar-refractivity contribution in [3.05, 3.63) is 33.9 Å². The Balaban J connectivity index is 2.37. The SMILES string of the molecule is Cc1cc(C)c(C)c(C(O)C2COCCO2)c1C. The molecule has 3 heteroatoms. The first-order valence-electron chi connectivity index (χ1n) is 6.47. The van der Waals surface area contributed by atoms with Crippen LogP contribution in [0.25, 0.3) is 0 Å². The first-order valence-corrected chi connectivity index (χ1v) is 6.47. The molecular formula is C15H22O3. The molecule has 2 rings (SSSR count). The number of aliphatic hydroxyl groups excluding tert-OH is 1. The molecule has 0 radical (unpaired) electrons. The Morgan fingerprint density at radius 2 is 1.72 bits per heavy atom. The lowest BCUT2D eigenvalue weighted by molar-refractivity contribution is -0.133. The van der Waals surface area contributed by atoms with Crippen LogP contribution in [0.4, 0.5) is 0 Å². The average Bonchev–Trinajstić information content (AvgIpc) is 2.37. The fraction of sp³-hybridized carbons (Fsp3) is 0.600. The maximum atomic E-state index is 10.6. The van der Waals surface area contributed by atoms with E-state index in [1.165, 1.54) is 11.1 Å². The molecule has 1 fully saturated rings. The normalized spacial score (nSPS) is 21.9. The molecule has 1 N–H and O–H groups in total. The van der Waals surface area contributed by atoms with Crippen LogP contribution in [0.3, 0.4) is 0 Å². The number of rotatable bonds is 2. The average molecular weight is 250 g/mol. The molecule has 2 atom stereocenters. The molecule has 1 saturated heterocycles. The largest absolute Gasteiger partial charge is 0.386 e. The summed E-state index contributed by atoms with van der Waals surface area (Å²) >= 11 is 0. The molecule has 0 aromatic heterocycles. The van der Waals surface area contributed by atoms with Crippen molar-refractivity contribution in [2.75, 3.05) is 19.8 Å². The van der Waals surface area contributed by atoms with E-state index < -0.39 is 6.10 Å². The van der Waals surface area contributed by atoms with Crippen LogP contribution in [0.5, 0.6) is 0 Å². The molecule has 0 bridgehead atoms. The number of aliphatic hydroxyl groups is 1. The highest BCUT2D eigenvalue weighted by atomic mass is 16.6. The third-order valence-electron chi connectivity index (χ3n) is 3.91. The van der Waals surface area contributed by atoms with Gasteiger partial charge in [-0.3, -0.25) is 0 Å².